The zero-order chi connectivity index (χ0) is 22.0. The first kappa shape index (κ1) is 21.2. The number of amides is 1. The zero-order valence-electron chi connectivity index (χ0n) is 18.7. The second-order valence-corrected chi connectivity index (χ2v) is 8.48. The standard InChI is InChI=1S/C24H30N6O/c1-16(2)29-11-10-19(15-29)23-20(13-27-30(23)21-8-6-5-7-9-21)12-26-24(31)22-14-25-18(4)28-17(22)3/h5-9,13-14,16,19H,10-12,15H2,1-4H3,(H,26,31). The molecule has 0 spiro atoms. The van der Waals surface area contributed by atoms with Crippen molar-refractivity contribution in [2.75, 3.05) is 13.1 Å². The number of aryl methyl sites for hydroxylation is 2. The molecule has 1 fully saturated rings. The fourth-order valence-electron chi connectivity index (χ4n) is 4.29. The summed E-state index contributed by atoms with van der Waals surface area (Å²) in [6.45, 7) is 10.6. The van der Waals surface area contributed by atoms with Crippen LogP contribution in [0.5, 0.6) is 0 Å². The molecule has 31 heavy (non-hydrogen) atoms. The lowest BCUT2D eigenvalue weighted by Crippen LogP contribution is -2.28. The predicted molar refractivity (Wildman–Crippen MR) is 120 cm³/mol. The quantitative estimate of drug-likeness (QED) is 0.664. The van der Waals surface area contributed by atoms with E-state index in [0.717, 1.165) is 30.8 Å². The van der Waals surface area contributed by atoms with E-state index in [1.54, 1.807) is 6.20 Å². The first-order valence-corrected chi connectivity index (χ1v) is 10.9. The second kappa shape index (κ2) is 8.98. The minimum atomic E-state index is -0.161. The number of aromatic nitrogens is 4. The summed E-state index contributed by atoms with van der Waals surface area (Å²) in [6, 6.07) is 10.7. The van der Waals surface area contributed by atoms with E-state index in [9.17, 15) is 4.79 Å². The molecule has 0 bridgehead atoms. The Balaban J connectivity index is 1.60. The van der Waals surface area contributed by atoms with Gasteiger partial charge in [-0.3, -0.25) is 4.79 Å². The third-order valence-corrected chi connectivity index (χ3v) is 6.01. The number of likely N-dealkylation sites (tertiary alicyclic amines) is 1. The number of para-hydroxylation sites is 1. The first-order valence-electron chi connectivity index (χ1n) is 10.9. The second-order valence-electron chi connectivity index (χ2n) is 8.48. The minimum Gasteiger partial charge on any atom is -0.348 e. The largest absolute Gasteiger partial charge is 0.348 e. The third-order valence-electron chi connectivity index (χ3n) is 6.01. The number of nitrogens with zero attached hydrogens (tertiary/aromatic N) is 5. The molecule has 0 radical (unpaired) electrons. The molecule has 1 aliphatic heterocycles. The van der Waals surface area contributed by atoms with Gasteiger partial charge in [-0.05, 0) is 52.8 Å². The van der Waals surface area contributed by atoms with E-state index in [1.165, 1.54) is 5.69 Å². The van der Waals surface area contributed by atoms with Gasteiger partial charge >= 0.3 is 0 Å². The Morgan fingerprint density at radius 3 is 2.65 bits per heavy atom. The maximum absolute atomic E-state index is 12.8. The van der Waals surface area contributed by atoms with E-state index in [2.05, 4.69) is 46.2 Å². The lowest BCUT2D eigenvalue weighted by Gasteiger charge is -2.21. The summed E-state index contributed by atoms with van der Waals surface area (Å²) in [5, 5.41) is 7.76. The van der Waals surface area contributed by atoms with Crippen molar-refractivity contribution in [1.29, 1.82) is 0 Å². The van der Waals surface area contributed by atoms with Gasteiger partial charge in [-0.25, -0.2) is 14.6 Å². The van der Waals surface area contributed by atoms with Crippen LogP contribution in [0.15, 0.2) is 42.7 Å². The zero-order valence-corrected chi connectivity index (χ0v) is 18.7. The molecule has 7 nitrogen and oxygen atoms in total. The Morgan fingerprint density at radius 2 is 1.97 bits per heavy atom. The highest BCUT2D eigenvalue weighted by Gasteiger charge is 2.30. The highest BCUT2D eigenvalue weighted by Crippen LogP contribution is 2.32. The molecule has 0 aliphatic carbocycles. The van der Waals surface area contributed by atoms with Crippen LogP contribution >= 0.6 is 0 Å². The van der Waals surface area contributed by atoms with Crippen molar-refractivity contribution >= 4 is 5.91 Å². The lowest BCUT2D eigenvalue weighted by molar-refractivity contribution is 0.0949. The first-order chi connectivity index (χ1) is 14.9. The Kier molecular flexibility index (Phi) is 6.13. The molecule has 1 unspecified atom stereocenters. The predicted octanol–water partition coefficient (Wildman–Crippen LogP) is 3.41. The van der Waals surface area contributed by atoms with E-state index in [-0.39, 0.29) is 5.91 Å². The van der Waals surface area contributed by atoms with Gasteiger partial charge in [0.05, 0.1) is 28.8 Å². The van der Waals surface area contributed by atoms with Crippen LogP contribution in [0.3, 0.4) is 0 Å². The summed E-state index contributed by atoms with van der Waals surface area (Å²) >= 11 is 0. The third kappa shape index (κ3) is 4.51. The van der Waals surface area contributed by atoms with Gasteiger partial charge in [0.25, 0.3) is 5.91 Å². The van der Waals surface area contributed by atoms with E-state index in [1.807, 2.05) is 42.9 Å². The highest BCUT2D eigenvalue weighted by atomic mass is 16.1. The van der Waals surface area contributed by atoms with Crippen LogP contribution in [-0.4, -0.2) is 49.7 Å². The van der Waals surface area contributed by atoms with Crippen LogP contribution in [0.1, 0.15) is 59.3 Å². The average molecular weight is 419 g/mol. The van der Waals surface area contributed by atoms with Crippen molar-refractivity contribution in [3.05, 3.63) is 71.1 Å². The Labute approximate surface area is 183 Å². The van der Waals surface area contributed by atoms with Gasteiger partial charge in [-0.15, -0.1) is 0 Å². The molecular formula is C24H30N6O. The van der Waals surface area contributed by atoms with Crippen molar-refractivity contribution in [1.82, 2.24) is 30.0 Å². The molecule has 4 rings (SSSR count). The van der Waals surface area contributed by atoms with Crippen molar-refractivity contribution in [2.24, 2.45) is 0 Å². The number of carbonyl (C=O) groups excluding carboxylic acids is 1. The number of hydrogen-bond acceptors (Lipinski definition) is 5. The monoisotopic (exact) mass is 418 g/mol. The van der Waals surface area contributed by atoms with Crippen LogP contribution in [0.25, 0.3) is 5.69 Å². The van der Waals surface area contributed by atoms with E-state index in [4.69, 9.17) is 5.10 Å². The van der Waals surface area contributed by atoms with Gasteiger partial charge in [0.1, 0.15) is 5.82 Å². The van der Waals surface area contributed by atoms with Gasteiger partial charge < -0.3 is 10.2 Å². The number of carbonyl (C=O) groups is 1. The van der Waals surface area contributed by atoms with Crippen LogP contribution in [-0.2, 0) is 6.54 Å². The van der Waals surface area contributed by atoms with Gasteiger partial charge in [-0.2, -0.15) is 5.10 Å². The fraction of sp³-hybridized carbons (Fsp3) is 0.417. The fourth-order valence-corrected chi connectivity index (χ4v) is 4.29. The Morgan fingerprint density at radius 1 is 1.19 bits per heavy atom. The molecule has 1 aromatic carbocycles. The molecular weight excluding hydrogens is 388 g/mol. The minimum absolute atomic E-state index is 0.161. The molecule has 3 heterocycles. The average Bonchev–Trinajstić information content (AvgIpc) is 3.39. The maximum Gasteiger partial charge on any atom is 0.254 e. The van der Waals surface area contributed by atoms with Crippen molar-refractivity contribution in [3.8, 4) is 5.69 Å². The van der Waals surface area contributed by atoms with Gasteiger partial charge in [0.2, 0.25) is 0 Å². The molecule has 162 valence electrons. The number of rotatable bonds is 6. The topological polar surface area (TPSA) is 75.9 Å². The number of hydrogen-bond donors (Lipinski definition) is 1. The molecule has 1 aliphatic rings. The number of nitrogens with one attached hydrogen (secondary N) is 1. The number of benzene rings is 1. The summed E-state index contributed by atoms with van der Waals surface area (Å²) in [6.07, 6.45) is 4.57. The van der Waals surface area contributed by atoms with E-state index >= 15 is 0 Å². The summed E-state index contributed by atoms with van der Waals surface area (Å²) in [5.41, 5.74) is 4.48. The van der Waals surface area contributed by atoms with Crippen LogP contribution < -0.4 is 5.32 Å². The summed E-state index contributed by atoms with van der Waals surface area (Å²) in [5.74, 6) is 0.879. The van der Waals surface area contributed by atoms with Gasteiger partial charge in [0.15, 0.2) is 0 Å². The van der Waals surface area contributed by atoms with E-state index < -0.39 is 0 Å². The van der Waals surface area contributed by atoms with Gasteiger partial charge in [-0.1, -0.05) is 18.2 Å². The van der Waals surface area contributed by atoms with E-state index in [0.29, 0.717) is 35.6 Å². The smallest absolute Gasteiger partial charge is 0.254 e. The molecule has 7 heteroatoms. The van der Waals surface area contributed by atoms with Crippen LogP contribution in [0, 0.1) is 13.8 Å². The van der Waals surface area contributed by atoms with Crippen molar-refractivity contribution in [3.63, 3.8) is 0 Å². The van der Waals surface area contributed by atoms with Crippen molar-refractivity contribution < 1.29 is 4.79 Å². The molecule has 1 atom stereocenters. The molecule has 0 saturated carbocycles. The molecule has 2 aromatic heterocycles. The lowest BCUT2D eigenvalue weighted by atomic mass is 10.00. The van der Waals surface area contributed by atoms with Crippen LogP contribution in [0.4, 0.5) is 0 Å². The van der Waals surface area contributed by atoms with Crippen molar-refractivity contribution in [2.45, 2.75) is 52.6 Å². The molecule has 1 amide bonds. The molecule has 1 N–H and O–H groups in total. The Hall–Kier alpha value is -3.06. The summed E-state index contributed by atoms with van der Waals surface area (Å²) in [4.78, 5) is 23.8. The molecule has 3 aromatic rings. The SMILES string of the molecule is Cc1ncc(C(=O)NCc2cnn(-c3ccccc3)c2C2CCN(C(C)C)C2)c(C)n1. The summed E-state index contributed by atoms with van der Waals surface area (Å²) in [7, 11) is 0. The Bertz CT molecular complexity index is 1060. The van der Waals surface area contributed by atoms with Gasteiger partial charge in [0, 0.05) is 36.8 Å². The molecule has 1 saturated heterocycles. The summed E-state index contributed by atoms with van der Waals surface area (Å²) < 4.78 is 2.04. The van der Waals surface area contributed by atoms with Crippen LogP contribution in [0.2, 0.25) is 0 Å². The normalized spacial score (nSPS) is 16.7. The highest BCUT2D eigenvalue weighted by molar-refractivity contribution is 5.94. The maximum atomic E-state index is 12.8.